The zero-order valence-corrected chi connectivity index (χ0v) is 11.0. The summed E-state index contributed by atoms with van der Waals surface area (Å²) < 4.78 is 4.96. The van der Waals surface area contributed by atoms with E-state index in [4.69, 9.17) is 4.74 Å². The molecule has 0 bridgehead atoms. The number of nitrogens with one attached hydrogen (secondary N) is 1. The minimum absolute atomic E-state index is 0.161. The summed E-state index contributed by atoms with van der Waals surface area (Å²) >= 11 is 0. The maximum absolute atomic E-state index is 11.2. The predicted molar refractivity (Wildman–Crippen MR) is 69.6 cm³/mol. The van der Waals surface area contributed by atoms with E-state index >= 15 is 0 Å². The van der Waals surface area contributed by atoms with Gasteiger partial charge in [0.25, 0.3) is 5.69 Å². The fourth-order valence-electron chi connectivity index (χ4n) is 1.49. The molecule has 0 aromatic heterocycles. The number of hydrogen-bond acceptors (Lipinski definition) is 5. The van der Waals surface area contributed by atoms with Crippen molar-refractivity contribution in [2.24, 2.45) is 0 Å². The van der Waals surface area contributed by atoms with Crippen LogP contribution in [-0.4, -0.2) is 28.6 Å². The molecule has 0 saturated heterocycles. The summed E-state index contributed by atoms with van der Waals surface area (Å²) in [7, 11) is 1.39. The minimum Gasteiger partial charge on any atom is -0.496 e. The Labute approximate surface area is 110 Å². The van der Waals surface area contributed by atoms with Crippen LogP contribution in [0.2, 0.25) is 0 Å². The number of carboxylic acids is 1. The monoisotopic (exact) mass is 268 g/mol. The number of nitro groups is 1. The Morgan fingerprint density at radius 2 is 2.16 bits per heavy atom. The van der Waals surface area contributed by atoms with Crippen LogP contribution in [0.15, 0.2) is 18.2 Å². The first-order valence-corrected chi connectivity index (χ1v) is 5.67. The van der Waals surface area contributed by atoms with Gasteiger partial charge in [0.15, 0.2) is 0 Å². The van der Waals surface area contributed by atoms with Crippen LogP contribution in [0, 0.1) is 10.1 Å². The van der Waals surface area contributed by atoms with Crippen molar-refractivity contribution in [2.45, 2.75) is 25.8 Å². The number of nitro benzene ring substituents is 1. The molecule has 1 atom stereocenters. The third kappa shape index (κ3) is 3.34. The van der Waals surface area contributed by atoms with Crippen molar-refractivity contribution in [3.63, 3.8) is 0 Å². The van der Waals surface area contributed by atoms with Gasteiger partial charge in [-0.2, -0.15) is 0 Å². The molecule has 2 N–H and O–H groups in total. The van der Waals surface area contributed by atoms with E-state index in [2.05, 4.69) is 5.32 Å². The number of rotatable bonds is 6. The highest BCUT2D eigenvalue weighted by Gasteiger charge is 2.31. The summed E-state index contributed by atoms with van der Waals surface area (Å²) in [6, 6.07) is 4.07. The van der Waals surface area contributed by atoms with Crippen molar-refractivity contribution < 1.29 is 19.6 Å². The van der Waals surface area contributed by atoms with Crippen LogP contribution < -0.4 is 10.1 Å². The summed E-state index contributed by atoms with van der Waals surface area (Å²) in [5.74, 6) is -0.735. The van der Waals surface area contributed by atoms with Crippen LogP contribution in [0.3, 0.4) is 0 Å². The van der Waals surface area contributed by atoms with Gasteiger partial charge < -0.3 is 15.2 Å². The molecule has 1 aromatic carbocycles. The van der Waals surface area contributed by atoms with Gasteiger partial charge in [-0.25, -0.2) is 4.79 Å². The lowest BCUT2D eigenvalue weighted by Gasteiger charge is -2.26. The molecule has 0 aliphatic carbocycles. The van der Waals surface area contributed by atoms with Crippen molar-refractivity contribution in [2.75, 3.05) is 12.4 Å². The van der Waals surface area contributed by atoms with Gasteiger partial charge in [-0.05, 0) is 13.3 Å². The van der Waals surface area contributed by atoms with Gasteiger partial charge in [0.1, 0.15) is 11.3 Å². The number of benzene rings is 1. The Hall–Kier alpha value is -2.31. The summed E-state index contributed by atoms with van der Waals surface area (Å²) in [6.45, 7) is 3.23. The average Bonchev–Trinajstić information content (AvgIpc) is 2.37. The van der Waals surface area contributed by atoms with Crippen molar-refractivity contribution >= 4 is 17.3 Å². The number of non-ortho nitro benzene ring substituents is 1. The van der Waals surface area contributed by atoms with Crippen molar-refractivity contribution in [1.82, 2.24) is 0 Å². The molecule has 7 heteroatoms. The van der Waals surface area contributed by atoms with E-state index in [0.29, 0.717) is 17.9 Å². The smallest absolute Gasteiger partial charge is 0.329 e. The van der Waals surface area contributed by atoms with E-state index in [1.165, 1.54) is 32.2 Å². The number of hydrogen-bond donors (Lipinski definition) is 2. The average molecular weight is 268 g/mol. The van der Waals surface area contributed by atoms with E-state index in [1.807, 2.05) is 0 Å². The molecule has 0 spiro atoms. The normalized spacial score (nSPS) is 13.4. The van der Waals surface area contributed by atoms with E-state index in [0.717, 1.165) is 0 Å². The Morgan fingerprint density at radius 1 is 1.53 bits per heavy atom. The molecule has 0 radical (unpaired) electrons. The summed E-state index contributed by atoms with van der Waals surface area (Å²) in [6.07, 6.45) is 0.327. The fraction of sp³-hybridized carbons (Fsp3) is 0.417. The lowest BCUT2D eigenvalue weighted by molar-refractivity contribution is -0.384. The van der Waals surface area contributed by atoms with Crippen LogP contribution >= 0.6 is 0 Å². The Bertz CT molecular complexity index is 503. The molecule has 0 fully saturated rings. The van der Waals surface area contributed by atoms with E-state index in [-0.39, 0.29) is 5.69 Å². The first-order valence-electron chi connectivity index (χ1n) is 5.67. The first kappa shape index (κ1) is 14.7. The van der Waals surface area contributed by atoms with Crippen LogP contribution in [-0.2, 0) is 4.79 Å². The molecule has 1 unspecified atom stereocenters. The third-order valence-electron chi connectivity index (χ3n) is 2.94. The molecule has 0 heterocycles. The van der Waals surface area contributed by atoms with Crippen LogP contribution in [0.5, 0.6) is 5.75 Å². The van der Waals surface area contributed by atoms with Gasteiger partial charge in [-0.15, -0.1) is 0 Å². The molecule has 0 aliphatic rings. The van der Waals surface area contributed by atoms with Gasteiger partial charge in [-0.3, -0.25) is 10.1 Å². The van der Waals surface area contributed by atoms with E-state index < -0.39 is 16.4 Å². The molecule has 0 saturated carbocycles. The summed E-state index contributed by atoms with van der Waals surface area (Å²) in [5.41, 5.74) is -1.02. The van der Waals surface area contributed by atoms with Crippen LogP contribution in [0.1, 0.15) is 20.3 Å². The molecule has 1 rings (SSSR count). The molecule has 19 heavy (non-hydrogen) atoms. The highest BCUT2D eigenvalue weighted by atomic mass is 16.6. The Kier molecular flexibility index (Phi) is 4.31. The van der Waals surface area contributed by atoms with E-state index in [1.54, 1.807) is 6.92 Å². The third-order valence-corrected chi connectivity index (χ3v) is 2.94. The molecule has 0 amide bonds. The minimum atomic E-state index is -1.19. The maximum Gasteiger partial charge on any atom is 0.329 e. The van der Waals surface area contributed by atoms with E-state index in [9.17, 15) is 20.0 Å². The molecular weight excluding hydrogens is 252 g/mol. The molecule has 7 nitrogen and oxygen atoms in total. The Balaban J connectivity index is 3.16. The second-order valence-electron chi connectivity index (χ2n) is 4.29. The maximum atomic E-state index is 11.2. The van der Waals surface area contributed by atoms with Gasteiger partial charge in [0.05, 0.1) is 18.1 Å². The van der Waals surface area contributed by atoms with Crippen LogP contribution in [0.25, 0.3) is 0 Å². The molecule has 0 aliphatic heterocycles. The van der Waals surface area contributed by atoms with Gasteiger partial charge in [0, 0.05) is 17.8 Å². The summed E-state index contributed by atoms with van der Waals surface area (Å²) in [5, 5.41) is 22.8. The zero-order valence-electron chi connectivity index (χ0n) is 11.0. The van der Waals surface area contributed by atoms with Crippen molar-refractivity contribution in [1.29, 1.82) is 0 Å². The second-order valence-corrected chi connectivity index (χ2v) is 4.29. The number of ether oxygens (including phenoxy) is 1. The number of carbonyl (C=O) groups is 1. The molecule has 1 aromatic rings. The topological polar surface area (TPSA) is 102 Å². The fourth-order valence-corrected chi connectivity index (χ4v) is 1.49. The number of aliphatic carboxylic acids is 1. The predicted octanol–water partition coefficient (Wildman–Crippen LogP) is 2.27. The number of carboxylic acid groups (broad SMARTS) is 1. The zero-order chi connectivity index (χ0) is 14.6. The highest BCUT2D eigenvalue weighted by molar-refractivity contribution is 5.82. The lowest BCUT2D eigenvalue weighted by atomic mass is 9.98. The summed E-state index contributed by atoms with van der Waals surface area (Å²) in [4.78, 5) is 21.4. The Morgan fingerprint density at radius 3 is 2.58 bits per heavy atom. The quantitative estimate of drug-likeness (QED) is 0.606. The number of nitrogens with zero attached hydrogens (tertiary/aromatic N) is 1. The van der Waals surface area contributed by atoms with Gasteiger partial charge in [0.2, 0.25) is 0 Å². The number of methoxy groups -OCH3 is 1. The standard InChI is InChI=1S/C12H16N2O5/c1-4-12(2,11(15)16)13-8-5-9(14(17)18)7-10(6-8)19-3/h5-7,13H,4H2,1-3H3,(H,15,16). The van der Waals surface area contributed by atoms with Crippen molar-refractivity contribution in [3.8, 4) is 5.75 Å². The van der Waals surface area contributed by atoms with Gasteiger partial charge in [-0.1, -0.05) is 6.92 Å². The second kappa shape index (κ2) is 5.55. The molecule has 104 valence electrons. The highest BCUT2D eigenvalue weighted by Crippen LogP contribution is 2.28. The van der Waals surface area contributed by atoms with Crippen LogP contribution in [0.4, 0.5) is 11.4 Å². The molecular formula is C12H16N2O5. The van der Waals surface area contributed by atoms with Gasteiger partial charge >= 0.3 is 5.97 Å². The number of anilines is 1. The first-order chi connectivity index (χ1) is 8.82. The van der Waals surface area contributed by atoms with Crippen molar-refractivity contribution in [3.05, 3.63) is 28.3 Å². The lowest BCUT2D eigenvalue weighted by Crippen LogP contribution is -2.42. The SMILES string of the molecule is CCC(C)(Nc1cc(OC)cc([N+](=O)[O-])c1)C(=O)O. The largest absolute Gasteiger partial charge is 0.496 e.